The number of nitrogens with zero attached hydrogens (tertiary/aromatic N) is 1. The van der Waals surface area contributed by atoms with Crippen LogP contribution in [0.1, 0.15) is 18.4 Å². The fraction of sp³-hybridized carbons (Fsp3) is 0.364. The summed E-state index contributed by atoms with van der Waals surface area (Å²) in [7, 11) is 0. The largest absolute Gasteiger partial charge is 0.398 e. The third-order valence-electron chi connectivity index (χ3n) is 2.77. The zero-order valence-corrected chi connectivity index (χ0v) is 9.34. The van der Waals surface area contributed by atoms with E-state index in [0.29, 0.717) is 17.1 Å². The molecule has 3 nitrogen and oxygen atoms in total. The van der Waals surface area contributed by atoms with Gasteiger partial charge in [0.1, 0.15) is 0 Å². The Balaban J connectivity index is 2.51. The van der Waals surface area contributed by atoms with E-state index in [1.807, 2.05) is 6.92 Å². The Kier molecular flexibility index (Phi) is 2.57. The van der Waals surface area contributed by atoms with Crippen molar-refractivity contribution in [3.8, 4) is 0 Å². The van der Waals surface area contributed by atoms with Gasteiger partial charge in [-0.15, -0.1) is 0 Å². The van der Waals surface area contributed by atoms with Crippen molar-refractivity contribution in [3.05, 3.63) is 22.7 Å². The molecule has 1 aliphatic heterocycles. The molecule has 1 aromatic carbocycles. The minimum Gasteiger partial charge on any atom is -0.398 e. The molecule has 1 heterocycles. The van der Waals surface area contributed by atoms with E-state index < -0.39 is 0 Å². The van der Waals surface area contributed by atoms with Gasteiger partial charge in [0.2, 0.25) is 5.91 Å². The molecular formula is C11H13ClN2O. The molecule has 0 aliphatic carbocycles. The zero-order valence-electron chi connectivity index (χ0n) is 8.59. The molecule has 15 heavy (non-hydrogen) atoms. The number of benzene rings is 1. The van der Waals surface area contributed by atoms with E-state index in [2.05, 4.69) is 0 Å². The van der Waals surface area contributed by atoms with Crippen LogP contribution in [0.2, 0.25) is 5.02 Å². The molecule has 1 amide bonds. The standard InChI is InChI=1S/C11H13ClN2O/c1-7-9(13)5-4-8(12)11(7)14-6-2-3-10(14)15/h4-5H,2-3,6,13H2,1H3. The average molecular weight is 225 g/mol. The van der Waals surface area contributed by atoms with Crippen molar-refractivity contribution in [2.24, 2.45) is 0 Å². The van der Waals surface area contributed by atoms with Crippen LogP contribution in [0, 0.1) is 6.92 Å². The smallest absolute Gasteiger partial charge is 0.227 e. The Hall–Kier alpha value is -1.22. The van der Waals surface area contributed by atoms with Gasteiger partial charge in [-0.1, -0.05) is 11.6 Å². The number of anilines is 2. The van der Waals surface area contributed by atoms with Gasteiger partial charge in [-0.2, -0.15) is 0 Å². The van der Waals surface area contributed by atoms with Crippen molar-refractivity contribution in [1.82, 2.24) is 0 Å². The molecule has 0 bridgehead atoms. The summed E-state index contributed by atoms with van der Waals surface area (Å²) in [5.74, 6) is 0.130. The van der Waals surface area contributed by atoms with Crippen LogP contribution in [0.25, 0.3) is 0 Å². The summed E-state index contributed by atoms with van der Waals surface area (Å²) in [6.07, 6.45) is 1.49. The Morgan fingerprint density at radius 3 is 2.80 bits per heavy atom. The van der Waals surface area contributed by atoms with Gasteiger partial charge in [0, 0.05) is 18.7 Å². The summed E-state index contributed by atoms with van der Waals surface area (Å²) < 4.78 is 0. The third kappa shape index (κ3) is 1.67. The first kappa shape index (κ1) is 10.3. The van der Waals surface area contributed by atoms with E-state index in [4.69, 9.17) is 17.3 Å². The second-order valence-electron chi connectivity index (χ2n) is 3.76. The molecule has 4 heteroatoms. The minimum atomic E-state index is 0.130. The average Bonchev–Trinajstić information content (AvgIpc) is 2.60. The van der Waals surface area contributed by atoms with Crippen LogP contribution < -0.4 is 10.6 Å². The molecule has 1 aliphatic rings. The maximum atomic E-state index is 11.6. The molecule has 0 aromatic heterocycles. The van der Waals surface area contributed by atoms with Crippen LogP contribution >= 0.6 is 11.6 Å². The van der Waals surface area contributed by atoms with Gasteiger partial charge in [-0.05, 0) is 31.0 Å². The van der Waals surface area contributed by atoms with E-state index in [0.717, 1.165) is 24.2 Å². The Morgan fingerprint density at radius 1 is 1.47 bits per heavy atom. The van der Waals surface area contributed by atoms with E-state index in [-0.39, 0.29) is 5.91 Å². The summed E-state index contributed by atoms with van der Waals surface area (Å²) in [5.41, 5.74) is 8.14. The number of nitrogen functional groups attached to an aromatic ring is 1. The number of hydrogen-bond donors (Lipinski definition) is 1. The SMILES string of the molecule is Cc1c(N)ccc(Cl)c1N1CCCC1=O. The molecular weight excluding hydrogens is 212 g/mol. The molecule has 2 rings (SSSR count). The predicted octanol–water partition coefficient (Wildman–Crippen LogP) is 2.36. The summed E-state index contributed by atoms with van der Waals surface area (Å²) in [5, 5.41) is 0.594. The number of carbonyl (C=O) groups excluding carboxylic acids is 1. The normalized spacial score (nSPS) is 16.1. The predicted molar refractivity (Wildman–Crippen MR) is 62.2 cm³/mol. The van der Waals surface area contributed by atoms with Crippen LogP contribution in [0.3, 0.4) is 0 Å². The van der Waals surface area contributed by atoms with Gasteiger partial charge in [0.25, 0.3) is 0 Å². The molecule has 0 spiro atoms. The maximum Gasteiger partial charge on any atom is 0.227 e. The van der Waals surface area contributed by atoms with Gasteiger partial charge in [-0.3, -0.25) is 4.79 Å². The Bertz CT molecular complexity index is 417. The first-order chi connectivity index (χ1) is 7.11. The number of rotatable bonds is 1. The summed E-state index contributed by atoms with van der Waals surface area (Å²) in [6, 6.07) is 3.51. The molecule has 1 fully saturated rings. The molecule has 1 saturated heterocycles. The monoisotopic (exact) mass is 224 g/mol. The first-order valence-corrected chi connectivity index (χ1v) is 5.34. The van der Waals surface area contributed by atoms with E-state index in [9.17, 15) is 4.79 Å². The molecule has 0 radical (unpaired) electrons. The maximum absolute atomic E-state index is 11.6. The van der Waals surface area contributed by atoms with Gasteiger partial charge < -0.3 is 10.6 Å². The van der Waals surface area contributed by atoms with Crippen molar-refractivity contribution in [1.29, 1.82) is 0 Å². The number of amides is 1. The van der Waals surface area contributed by atoms with Crippen LogP contribution in [-0.2, 0) is 4.79 Å². The lowest BCUT2D eigenvalue weighted by atomic mass is 10.1. The van der Waals surface area contributed by atoms with Gasteiger partial charge in [0.05, 0.1) is 10.7 Å². The topological polar surface area (TPSA) is 46.3 Å². The lowest BCUT2D eigenvalue weighted by Gasteiger charge is -2.20. The highest BCUT2D eigenvalue weighted by molar-refractivity contribution is 6.34. The number of carbonyl (C=O) groups is 1. The molecule has 0 saturated carbocycles. The fourth-order valence-electron chi connectivity index (χ4n) is 1.90. The molecule has 0 unspecified atom stereocenters. The van der Waals surface area contributed by atoms with Crippen LogP contribution in [-0.4, -0.2) is 12.5 Å². The van der Waals surface area contributed by atoms with Crippen molar-refractivity contribution >= 4 is 28.9 Å². The molecule has 2 N–H and O–H groups in total. The third-order valence-corrected chi connectivity index (χ3v) is 3.07. The van der Waals surface area contributed by atoms with E-state index >= 15 is 0 Å². The summed E-state index contributed by atoms with van der Waals surface area (Å²) >= 11 is 6.10. The van der Waals surface area contributed by atoms with Crippen LogP contribution in [0.15, 0.2) is 12.1 Å². The van der Waals surface area contributed by atoms with Crippen molar-refractivity contribution < 1.29 is 4.79 Å². The Labute approximate surface area is 93.8 Å². The minimum absolute atomic E-state index is 0.130. The highest BCUT2D eigenvalue weighted by atomic mass is 35.5. The van der Waals surface area contributed by atoms with Gasteiger partial charge in [-0.25, -0.2) is 0 Å². The van der Waals surface area contributed by atoms with Gasteiger partial charge in [0.15, 0.2) is 0 Å². The zero-order chi connectivity index (χ0) is 11.0. The number of halogens is 1. The second-order valence-corrected chi connectivity index (χ2v) is 4.17. The number of hydrogen-bond acceptors (Lipinski definition) is 2. The lowest BCUT2D eigenvalue weighted by molar-refractivity contribution is -0.117. The Morgan fingerprint density at radius 2 is 2.20 bits per heavy atom. The van der Waals surface area contributed by atoms with Crippen molar-refractivity contribution in [3.63, 3.8) is 0 Å². The lowest BCUT2D eigenvalue weighted by Crippen LogP contribution is -2.25. The highest BCUT2D eigenvalue weighted by Gasteiger charge is 2.25. The number of nitrogens with two attached hydrogens (primary N) is 1. The summed E-state index contributed by atoms with van der Waals surface area (Å²) in [4.78, 5) is 13.3. The van der Waals surface area contributed by atoms with Crippen molar-refractivity contribution in [2.45, 2.75) is 19.8 Å². The van der Waals surface area contributed by atoms with E-state index in [1.165, 1.54) is 0 Å². The van der Waals surface area contributed by atoms with E-state index in [1.54, 1.807) is 17.0 Å². The van der Waals surface area contributed by atoms with Crippen molar-refractivity contribution in [2.75, 3.05) is 17.2 Å². The quantitative estimate of drug-likeness (QED) is 0.745. The molecule has 80 valence electrons. The highest BCUT2D eigenvalue weighted by Crippen LogP contribution is 2.35. The fourth-order valence-corrected chi connectivity index (χ4v) is 2.21. The molecule has 0 atom stereocenters. The van der Waals surface area contributed by atoms with Crippen LogP contribution in [0.4, 0.5) is 11.4 Å². The summed E-state index contributed by atoms with van der Waals surface area (Å²) in [6.45, 7) is 2.63. The molecule has 1 aromatic rings. The van der Waals surface area contributed by atoms with Crippen LogP contribution in [0.5, 0.6) is 0 Å². The second kappa shape index (κ2) is 3.74. The van der Waals surface area contributed by atoms with Gasteiger partial charge >= 0.3 is 0 Å². The first-order valence-electron chi connectivity index (χ1n) is 4.96.